The lowest BCUT2D eigenvalue weighted by atomic mass is 9.90. The molecule has 4 aromatic carbocycles. The molecule has 0 bridgehead atoms. The van der Waals surface area contributed by atoms with Crippen LogP contribution in [0.25, 0.3) is 16.8 Å². The van der Waals surface area contributed by atoms with E-state index in [9.17, 15) is 14.0 Å². The van der Waals surface area contributed by atoms with Crippen molar-refractivity contribution in [2.45, 2.75) is 40.3 Å². The summed E-state index contributed by atoms with van der Waals surface area (Å²) in [5.41, 5.74) is 3.03. The molecule has 6 rings (SSSR count). The number of hydrogen-bond donors (Lipinski definition) is 0. The molecule has 0 saturated heterocycles. The Morgan fingerprint density at radius 2 is 1.69 bits per heavy atom. The molecule has 252 valence electrons. The highest BCUT2D eigenvalue weighted by atomic mass is 32.1. The molecule has 1 amide bonds. The summed E-state index contributed by atoms with van der Waals surface area (Å²) in [6.45, 7) is 9.28. The van der Waals surface area contributed by atoms with Crippen molar-refractivity contribution in [3.05, 3.63) is 132 Å². The molecule has 0 aliphatic carbocycles. The lowest BCUT2D eigenvalue weighted by Crippen LogP contribution is -2.43. The van der Waals surface area contributed by atoms with Gasteiger partial charge in [0.05, 0.1) is 29.5 Å². The second kappa shape index (κ2) is 14.5. The summed E-state index contributed by atoms with van der Waals surface area (Å²) in [5.74, 6) is 1.15. The number of likely N-dealkylation sites (N-methyl/N-ethyl adjacent to an activating group) is 1. The van der Waals surface area contributed by atoms with Crippen molar-refractivity contribution >= 4 is 34.1 Å². The third-order valence-corrected chi connectivity index (χ3v) is 9.58. The summed E-state index contributed by atoms with van der Waals surface area (Å²) >= 11 is 1.27. The van der Waals surface area contributed by atoms with Crippen molar-refractivity contribution in [2.24, 2.45) is 4.99 Å². The van der Waals surface area contributed by atoms with Crippen LogP contribution in [0.1, 0.15) is 50.4 Å². The van der Waals surface area contributed by atoms with Crippen molar-refractivity contribution in [1.29, 1.82) is 0 Å². The first-order chi connectivity index (χ1) is 23.8. The highest BCUT2D eigenvalue weighted by Crippen LogP contribution is 2.40. The van der Waals surface area contributed by atoms with E-state index >= 15 is 0 Å². The van der Waals surface area contributed by atoms with E-state index in [-0.39, 0.29) is 23.9 Å². The van der Waals surface area contributed by atoms with Crippen molar-refractivity contribution in [1.82, 2.24) is 9.47 Å². The average molecular weight is 680 g/mol. The SMILES string of the molecule is CCOc1cc(/C=c2/sc3n(c2=O)[C@@H](c2c(OC)ccc4ccccc24)C(C(=O)N(CC)CC)=C(C)N=3)ccc1OCc1ccc(F)cc1. The number of fused-ring (bicyclic) bond motifs is 2. The van der Waals surface area contributed by atoms with Gasteiger partial charge in [0.2, 0.25) is 0 Å². The highest BCUT2D eigenvalue weighted by Gasteiger charge is 2.36. The number of rotatable bonds is 11. The van der Waals surface area contributed by atoms with Gasteiger partial charge in [-0.3, -0.25) is 14.2 Å². The molecule has 1 aliphatic rings. The summed E-state index contributed by atoms with van der Waals surface area (Å²) in [6, 6.07) is 22.6. The van der Waals surface area contributed by atoms with E-state index in [2.05, 4.69) is 0 Å². The van der Waals surface area contributed by atoms with Gasteiger partial charge >= 0.3 is 0 Å². The van der Waals surface area contributed by atoms with Crippen LogP contribution < -0.4 is 29.1 Å². The first-order valence-electron chi connectivity index (χ1n) is 16.3. The predicted molar refractivity (Wildman–Crippen MR) is 191 cm³/mol. The summed E-state index contributed by atoms with van der Waals surface area (Å²) in [5, 5.41) is 1.86. The minimum atomic E-state index is -0.770. The molecule has 2 heterocycles. The lowest BCUT2D eigenvalue weighted by molar-refractivity contribution is -0.127. The third kappa shape index (κ3) is 6.61. The topological polar surface area (TPSA) is 82.4 Å². The van der Waals surface area contributed by atoms with Crippen LogP contribution in [-0.4, -0.2) is 42.2 Å². The number of halogens is 1. The number of amides is 1. The van der Waals surface area contributed by atoms with E-state index < -0.39 is 6.04 Å². The number of ether oxygens (including phenoxy) is 3. The maximum atomic E-state index is 14.5. The normalized spacial score (nSPS) is 14.4. The first kappa shape index (κ1) is 33.7. The van der Waals surface area contributed by atoms with Gasteiger partial charge in [0.25, 0.3) is 11.5 Å². The quantitative estimate of drug-likeness (QED) is 0.162. The van der Waals surface area contributed by atoms with Crippen LogP contribution in [0.3, 0.4) is 0 Å². The summed E-state index contributed by atoms with van der Waals surface area (Å²) in [4.78, 5) is 35.8. The van der Waals surface area contributed by atoms with Crippen LogP contribution in [0.4, 0.5) is 4.39 Å². The van der Waals surface area contributed by atoms with E-state index in [0.717, 1.165) is 27.5 Å². The van der Waals surface area contributed by atoms with Gasteiger partial charge in [-0.2, -0.15) is 0 Å². The molecule has 8 nitrogen and oxygen atoms in total. The molecule has 0 spiro atoms. The molecule has 10 heteroatoms. The number of carbonyl (C=O) groups excluding carboxylic acids is 1. The van der Waals surface area contributed by atoms with Gasteiger partial charge in [0.15, 0.2) is 16.3 Å². The van der Waals surface area contributed by atoms with Crippen molar-refractivity contribution in [2.75, 3.05) is 26.8 Å². The molecule has 0 saturated carbocycles. The zero-order chi connectivity index (χ0) is 34.7. The first-order valence-corrected chi connectivity index (χ1v) is 17.1. The minimum Gasteiger partial charge on any atom is -0.496 e. The Balaban J connectivity index is 1.49. The molecule has 0 N–H and O–H groups in total. The van der Waals surface area contributed by atoms with E-state index in [1.165, 1.54) is 23.5 Å². The van der Waals surface area contributed by atoms with Crippen LogP contribution in [0.15, 0.2) is 99.9 Å². The number of hydrogen-bond acceptors (Lipinski definition) is 7. The van der Waals surface area contributed by atoms with Gasteiger partial charge < -0.3 is 19.1 Å². The summed E-state index contributed by atoms with van der Waals surface area (Å²) in [7, 11) is 1.60. The molecule has 0 radical (unpaired) electrons. The van der Waals surface area contributed by atoms with Crippen molar-refractivity contribution in [3.8, 4) is 17.2 Å². The monoisotopic (exact) mass is 679 g/mol. The van der Waals surface area contributed by atoms with Crippen LogP contribution in [0.2, 0.25) is 0 Å². The van der Waals surface area contributed by atoms with Gasteiger partial charge in [-0.1, -0.05) is 59.9 Å². The highest BCUT2D eigenvalue weighted by molar-refractivity contribution is 7.07. The van der Waals surface area contributed by atoms with E-state index in [1.807, 2.05) is 76.2 Å². The molecule has 5 aromatic rings. The Bertz CT molecular complexity index is 2240. The van der Waals surface area contributed by atoms with Gasteiger partial charge in [-0.25, -0.2) is 9.38 Å². The van der Waals surface area contributed by atoms with Crippen LogP contribution >= 0.6 is 11.3 Å². The Labute approximate surface area is 288 Å². The Hall–Kier alpha value is -5.22. The number of carbonyl (C=O) groups is 1. The van der Waals surface area contributed by atoms with Crippen LogP contribution in [0.5, 0.6) is 17.2 Å². The maximum Gasteiger partial charge on any atom is 0.271 e. The number of nitrogens with zero attached hydrogens (tertiary/aromatic N) is 3. The standard InChI is InChI=1S/C39H38FN3O5S/c1-6-42(7-2)38(45)34-24(4)41-39-43(36(34)35-29-12-10-9-11-27(29)16-20-31(35)46-5)37(44)33(49-39)22-26-15-19-30(32(21-26)47-8-3)48-23-25-13-17-28(40)18-14-25/h9-22,36H,6-8,23H2,1-5H3/b33-22+/t36-/m1/s1. The Morgan fingerprint density at radius 3 is 2.41 bits per heavy atom. The number of allylic oxidation sites excluding steroid dienone is 1. The lowest BCUT2D eigenvalue weighted by Gasteiger charge is -2.30. The summed E-state index contributed by atoms with van der Waals surface area (Å²) < 4.78 is 33.3. The van der Waals surface area contributed by atoms with Gasteiger partial charge in [-0.05, 0) is 86.0 Å². The zero-order valence-corrected chi connectivity index (χ0v) is 29.0. The molecular weight excluding hydrogens is 642 g/mol. The summed E-state index contributed by atoms with van der Waals surface area (Å²) in [6.07, 6.45) is 1.80. The van der Waals surface area contributed by atoms with Crippen molar-refractivity contribution < 1.29 is 23.4 Å². The van der Waals surface area contributed by atoms with Gasteiger partial charge in [0, 0.05) is 18.7 Å². The fourth-order valence-corrected chi connectivity index (χ4v) is 7.23. The molecule has 1 atom stereocenters. The molecular formula is C39H38FN3O5S. The van der Waals surface area contributed by atoms with E-state index in [0.29, 0.717) is 57.5 Å². The van der Waals surface area contributed by atoms with E-state index in [4.69, 9.17) is 19.2 Å². The molecule has 1 aliphatic heterocycles. The number of aromatic nitrogens is 1. The van der Waals surface area contributed by atoms with Gasteiger partial charge in [-0.15, -0.1) is 0 Å². The number of thiazole rings is 1. The smallest absolute Gasteiger partial charge is 0.271 e. The average Bonchev–Trinajstić information content (AvgIpc) is 3.41. The molecule has 0 fully saturated rings. The van der Waals surface area contributed by atoms with E-state index in [1.54, 1.807) is 40.9 Å². The van der Waals surface area contributed by atoms with Crippen LogP contribution in [-0.2, 0) is 11.4 Å². The third-order valence-electron chi connectivity index (χ3n) is 8.60. The maximum absolute atomic E-state index is 14.5. The predicted octanol–water partition coefficient (Wildman–Crippen LogP) is 6.38. The fourth-order valence-electron chi connectivity index (χ4n) is 6.18. The number of methoxy groups -OCH3 is 1. The van der Waals surface area contributed by atoms with Crippen LogP contribution in [0, 0.1) is 5.82 Å². The fraction of sp³-hybridized carbons (Fsp3) is 0.256. The Morgan fingerprint density at radius 1 is 0.959 bits per heavy atom. The second-order valence-electron chi connectivity index (χ2n) is 11.5. The molecule has 49 heavy (non-hydrogen) atoms. The molecule has 1 aromatic heterocycles. The van der Waals surface area contributed by atoms with Gasteiger partial charge in [0.1, 0.15) is 24.2 Å². The van der Waals surface area contributed by atoms with Crippen molar-refractivity contribution in [3.63, 3.8) is 0 Å². The minimum absolute atomic E-state index is 0.168. The zero-order valence-electron chi connectivity index (χ0n) is 28.2. The number of benzene rings is 4. The second-order valence-corrected chi connectivity index (χ2v) is 12.5. The molecule has 0 unspecified atom stereocenters. The Kier molecular flexibility index (Phi) is 9.96. The largest absolute Gasteiger partial charge is 0.496 e.